The lowest BCUT2D eigenvalue weighted by Gasteiger charge is -2.30. The van der Waals surface area contributed by atoms with Crippen LogP contribution in [0.1, 0.15) is 47.1 Å². The average Bonchev–Trinajstić information content (AvgIpc) is 2.73. The molecular weight excluding hydrogens is 420 g/mol. The molecular formula is C21H40O7Si2. The molecule has 0 bridgehead atoms. The molecule has 1 aromatic carbocycles. The van der Waals surface area contributed by atoms with Gasteiger partial charge in [-0.3, -0.25) is 0 Å². The van der Waals surface area contributed by atoms with Crippen molar-refractivity contribution < 1.29 is 31.3 Å². The monoisotopic (exact) mass is 460 g/mol. The average molecular weight is 461 g/mol. The highest BCUT2D eigenvalue weighted by molar-refractivity contribution is 6.75. The van der Waals surface area contributed by atoms with Gasteiger partial charge in [-0.1, -0.05) is 6.07 Å². The molecule has 1 rings (SSSR count). The Bertz CT molecular complexity index is 567. The molecule has 1 aromatic rings. The molecule has 7 nitrogen and oxygen atoms in total. The Labute approximate surface area is 184 Å². The predicted molar refractivity (Wildman–Crippen MR) is 122 cm³/mol. The molecule has 174 valence electrons. The number of hydrogen-bond donors (Lipinski definition) is 0. The van der Waals surface area contributed by atoms with Crippen molar-refractivity contribution in [3.05, 3.63) is 23.8 Å². The van der Waals surface area contributed by atoms with Crippen LogP contribution in [0.2, 0.25) is 6.04 Å². The predicted octanol–water partition coefficient (Wildman–Crippen LogP) is 3.54. The summed E-state index contributed by atoms with van der Waals surface area (Å²) >= 11 is 0. The molecule has 9 heteroatoms. The van der Waals surface area contributed by atoms with E-state index >= 15 is 0 Å². The van der Waals surface area contributed by atoms with Gasteiger partial charge < -0.3 is 31.3 Å². The first-order valence-electron chi connectivity index (χ1n) is 11.0. The van der Waals surface area contributed by atoms with Gasteiger partial charge in [0.1, 0.15) is 5.75 Å². The Balaban J connectivity index is 3.27. The maximum Gasteiger partial charge on any atom is 0.537 e. The zero-order valence-electron chi connectivity index (χ0n) is 19.7. The summed E-state index contributed by atoms with van der Waals surface area (Å²) in [5, 5.41) is 0.902. The van der Waals surface area contributed by atoms with Crippen LogP contribution in [0.4, 0.5) is 0 Å². The van der Waals surface area contributed by atoms with Crippen LogP contribution in [0.25, 0.3) is 0 Å². The van der Waals surface area contributed by atoms with Gasteiger partial charge in [0.25, 0.3) is 0 Å². The second kappa shape index (κ2) is 14.3. The van der Waals surface area contributed by atoms with Crippen LogP contribution in [0, 0.1) is 0 Å². The number of rotatable bonds is 17. The van der Waals surface area contributed by atoms with Gasteiger partial charge in [-0.15, -0.1) is 0 Å². The summed E-state index contributed by atoms with van der Waals surface area (Å²) in [6, 6.07) is 6.75. The first-order chi connectivity index (χ1) is 14.5. The van der Waals surface area contributed by atoms with Crippen LogP contribution in [-0.2, 0) is 33.0 Å². The standard InChI is InChI=1S/C21H40O7Si2/c1-8-23-29(24-9-2,25-10-3)15-14-19-16-20(22-7)18-21(17-19)30(26-11-4,27-12-5)28-13-6/h16-18H,8-15H2,1-7H3. The molecule has 0 radical (unpaired) electrons. The minimum absolute atomic E-state index is 0.508. The molecule has 0 spiro atoms. The summed E-state index contributed by atoms with van der Waals surface area (Å²) in [7, 11) is -4.11. The Hall–Kier alpha value is -0.786. The van der Waals surface area contributed by atoms with Crippen molar-refractivity contribution in [1.82, 2.24) is 0 Å². The molecule has 0 aromatic heterocycles. The first-order valence-corrected chi connectivity index (χ1v) is 14.7. The van der Waals surface area contributed by atoms with E-state index in [1.54, 1.807) is 7.11 Å². The highest BCUT2D eigenvalue weighted by Crippen LogP contribution is 2.23. The molecule has 0 saturated heterocycles. The van der Waals surface area contributed by atoms with E-state index in [0.717, 1.165) is 22.9 Å². The van der Waals surface area contributed by atoms with Crippen molar-refractivity contribution in [2.75, 3.05) is 46.8 Å². The van der Waals surface area contributed by atoms with Gasteiger partial charge in [0.15, 0.2) is 0 Å². The van der Waals surface area contributed by atoms with Crippen LogP contribution >= 0.6 is 0 Å². The maximum atomic E-state index is 6.09. The number of methoxy groups -OCH3 is 1. The van der Waals surface area contributed by atoms with Crippen LogP contribution in [0.5, 0.6) is 5.75 Å². The zero-order valence-corrected chi connectivity index (χ0v) is 21.7. The Morgan fingerprint density at radius 3 is 1.50 bits per heavy atom. The summed E-state index contributed by atoms with van der Waals surface area (Å²) in [6.07, 6.45) is 0.727. The van der Waals surface area contributed by atoms with E-state index in [0.29, 0.717) is 45.7 Å². The van der Waals surface area contributed by atoms with Crippen molar-refractivity contribution in [2.45, 2.75) is 54.0 Å². The van der Waals surface area contributed by atoms with E-state index in [4.69, 9.17) is 31.3 Å². The second-order valence-electron chi connectivity index (χ2n) is 6.41. The molecule has 0 fully saturated rings. The van der Waals surface area contributed by atoms with E-state index in [1.165, 1.54) is 0 Å². The van der Waals surface area contributed by atoms with E-state index in [-0.39, 0.29) is 0 Å². The fourth-order valence-electron chi connectivity index (χ4n) is 3.34. The normalized spacial score (nSPS) is 12.4. The van der Waals surface area contributed by atoms with Gasteiger partial charge in [-0.2, -0.15) is 0 Å². The maximum absolute atomic E-state index is 6.09. The van der Waals surface area contributed by atoms with E-state index in [1.807, 2.05) is 53.7 Å². The summed E-state index contributed by atoms with van der Waals surface area (Å²) in [6.45, 7) is 15.0. The molecule has 0 amide bonds. The Morgan fingerprint density at radius 2 is 1.10 bits per heavy atom. The molecule has 30 heavy (non-hydrogen) atoms. The van der Waals surface area contributed by atoms with Gasteiger partial charge in [0.2, 0.25) is 0 Å². The van der Waals surface area contributed by atoms with Crippen molar-refractivity contribution in [3.8, 4) is 5.75 Å². The third-order valence-corrected chi connectivity index (χ3v) is 10.4. The van der Waals surface area contributed by atoms with Crippen molar-refractivity contribution in [1.29, 1.82) is 0 Å². The molecule has 0 heterocycles. The third-order valence-electron chi connectivity index (χ3n) is 4.37. The van der Waals surface area contributed by atoms with Gasteiger partial charge in [0, 0.05) is 50.9 Å². The summed E-state index contributed by atoms with van der Waals surface area (Å²) in [5.74, 6) is 0.745. The van der Waals surface area contributed by atoms with Crippen LogP contribution < -0.4 is 9.92 Å². The van der Waals surface area contributed by atoms with Crippen molar-refractivity contribution >= 4 is 22.8 Å². The van der Waals surface area contributed by atoms with E-state index in [9.17, 15) is 0 Å². The lowest BCUT2D eigenvalue weighted by Crippen LogP contribution is -2.57. The SMILES string of the molecule is CCO[Si](CCc1cc(OC)cc([Si](OCC)(OCC)OCC)c1)(OCC)OCC. The van der Waals surface area contributed by atoms with Crippen LogP contribution in [0.15, 0.2) is 18.2 Å². The molecule has 0 aliphatic heterocycles. The molecule has 0 aliphatic rings. The van der Waals surface area contributed by atoms with Crippen molar-refractivity contribution in [2.24, 2.45) is 0 Å². The molecule has 0 unspecified atom stereocenters. The minimum Gasteiger partial charge on any atom is -0.497 e. The summed E-state index contributed by atoms with van der Waals surface area (Å²) in [4.78, 5) is 0. The van der Waals surface area contributed by atoms with Gasteiger partial charge >= 0.3 is 17.6 Å². The summed E-state index contributed by atoms with van der Waals surface area (Å²) < 4.78 is 41.8. The number of hydrogen-bond acceptors (Lipinski definition) is 7. The van der Waals surface area contributed by atoms with Gasteiger partial charge in [-0.05, 0) is 65.7 Å². The number of benzene rings is 1. The smallest absolute Gasteiger partial charge is 0.497 e. The largest absolute Gasteiger partial charge is 0.537 e. The zero-order chi connectivity index (χ0) is 22.5. The van der Waals surface area contributed by atoms with Crippen LogP contribution in [0.3, 0.4) is 0 Å². The van der Waals surface area contributed by atoms with E-state index < -0.39 is 17.6 Å². The fourth-order valence-corrected chi connectivity index (χ4v) is 8.51. The number of aryl methyl sites for hydroxylation is 1. The van der Waals surface area contributed by atoms with Gasteiger partial charge in [0.05, 0.1) is 7.11 Å². The Morgan fingerprint density at radius 1 is 0.633 bits per heavy atom. The first kappa shape index (κ1) is 27.2. The molecule has 0 atom stereocenters. The molecule has 0 N–H and O–H groups in total. The number of ether oxygens (including phenoxy) is 1. The molecule has 0 saturated carbocycles. The summed E-state index contributed by atoms with van der Waals surface area (Å²) in [5.41, 5.74) is 1.08. The lowest BCUT2D eigenvalue weighted by molar-refractivity contribution is 0.0714. The fraction of sp³-hybridized carbons (Fsp3) is 0.714. The topological polar surface area (TPSA) is 64.6 Å². The second-order valence-corrected chi connectivity index (χ2v) is 11.7. The third kappa shape index (κ3) is 7.72. The lowest BCUT2D eigenvalue weighted by atomic mass is 10.1. The highest BCUT2D eigenvalue weighted by Gasteiger charge is 2.44. The quantitative estimate of drug-likeness (QED) is 0.329. The minimum atomic E-state index is -3.03. The van der Waals surface area contributed by atoms with Crippen LogP contribution in [-0.4, -0.2) is 64.4 Å². The van der Waals surface area contributed by atoms with Crippen molar-refractivity contribution in [3.63, 3.8) is 0 Å². The highest BCUT2D eigenvalue weighted by atomic mass is 28.4. The molecule has 0 aliphatic carbocycles. The Kier molecular flexibility index (Phi) is 13.0. The van der Waals surface area contributed by atoms with Gasteiger partial charge in [-0.25, -0.2) is 0 Å². The van der Waals surface area contributed by atoms with E-state index in [2.05, 4.69) is 6.07 Å².